The van der Waals surface area contributed by atoms with Crippen molar-refractivity contribution in [3.05, 3.63) is 11.9 Å². The van der Waals surface area contributed by atoms with Crippen LogP contribution in [0.2, 0.25) is 0 Å². The molecule has 24 heavy (non-hydrogen) atoms. The minimum absolute atomic E-state index is 0.0141. The van der Waals surface area contributed by atoms with Crippen molar-refractivity contribution in [1.82, 2.24) is 19.9 Å². The van der Waals surface area contributed by atoms with Crippen LogP contribution in [-0.2, 0) is 4.79 Å². The molecule has 0 aliphatic carbocycles. The number of amides is 2. The smallest absolute Gasteiger partial charge is 0.270 e. The van der Waals surface area contributed by atoms with Crippen LogP contribution in [0.15, 0.2) is 16.4 Å². The Morgan fingerprint density at radius 2 is 2.21 bits per heavy atom. The van der Waals surface area contributed by atoms with E-state index in [1.165, 1.54) is 6.20 Å². The number of primary amides is 1. The van der Waals surface area contributed by atoms with Crippen molar-refractivity contribution in [2.75, 3.05) is 13.1 Å². The van der Waals surface area contributed by atoms with Crippen LogP contribution in [0.4, 0.5) is 0 Å². The summed E-state index contributed by atoms with van der Waals surface area (Å²) in [6.45, 7) is 1.20. The Kier molecular flexibility index (Phi) is 4.29. The van der Waals surface area contributed by atoms with Crippen LogP contribution in [0.5, 0.6) is 0 Å². The fourth-order valence-electron chi connectivity index (χ4n) is 2.89. The average Bonchev–Trinajstić information content (AvgIpc) is 2.99. The second-order valence-electron chi connectivity index (χ2n) is 6.12. The Morgan fingerprint density at radius 1 is 1.42 bits per heavy atom. The molecule has 1 aromatic heterocycles. The van der Waals surface area contributed by atoms with Gasteiger partial charge in [0.05, 0.1) is 12.2 Å². The van der Waals surface area contributed by atoms with Gasteiger partial charge < -0.3 is 10.6 Å². The monoisotopic (exact) mass is 329 g/mol. The van der Waals surface area contributed by atoms with Crippen molar-refractivity contribution < 1.29 is 9.59 Å². The molecule has 1 unspecified atom stereocenters. The number of aromatic nitrogens is 3. The summed E-state index contributed by atoms with van der Waals surface area (Å²) in [4.78, 5) is 25.2. The number of likely N-dealkylation sites (tertiary alicyclic amines) is 1. The lowest BCUT2D eigenvalue weighted by Gasteiger charge is -2.17. The third-order valence-electron chi connectivity index (χ3n) is 4.44. The topological polar surface area (TPSA) is 119 Å². The van der Waals surface area contributed by atoms with E-state index in [1.807, 2.05) is 0 Å². The quantitative estimate of drug-likeness (QED) is 0.733. The summed E-state index contributed by atoms with van der Waals surface area (Å²) in [7, 11) is 0. The maximum absolute atomic E-state index is 12.4. The molecule has 3 heterocycles. The van der Waals surface area contributed by atoms with Crippen molar-refractivity contribution in [3.63, 3.8) is 0 Å². The second-order valence-corrected chi connectivity index (χ2v) is 6.12. The molecule has 9 heteroatoms. The van der Waals surface area contributed by atoms with Gasteiger partial charge >= 0.3 is 0 Å². The highest BCUT2D eigenvalue weighted by molar-refractivity contribution is 5.90. The maximum atomic E-state index is 12.4. The predicted molar refractivity (Wildman–Crippen MR) is 83.7 cm³/mol. The zero-order valence-corrected chi connectivity index (χ0v) is 13.3. The lowest BCUT2D eigenvalue weighted by atomic mass is 10.0. The van der Waals surface area contributed by atoms with Gasteiger partial charge in [-0.1, -0.05) is 5.21 Å². The fourth-order valence-corrected chi connectivity index (χ4v) is 2.89. The van der Waals surface area contributed by atoms with Gasteiger partial charge in [0.15, 0.2) is 11.4 Å². The fraction of sp³-hybridized carbons (Fsp3) is 0.600. The first-order chi connectivity index (χ1) is 11.5. The Labute approximate surface area is 139 Å². The van der Waals surface area contributed by atoms with Crippen molar-refractivity contribution in [2.45, 2.75) is 43.8 Å². The molecule has 0 saturated carbocycles. The molecule has 2 aliphatic heterocycles. The second kappa shape index (κ2) is 6.39. The summed E-state index contributed by atoms with van der Waals surface area (Å²) < 4.78 is 1.60. The van der Waals surface area contributed by atoms with Crippen LogP contribution < -0.4 is 5.73 Å². The average molecular weight is 329 g/mol. The first-order valence-electron chi connectivity index (χ1n) is 7.90. The third-order valence-corrected chi connectivity index (χ3v) is 4.44. The molecule has 2 amide bonds. The first kappa shape index (κ1) is 16.1. The summed E-state index contributed by atoms with van der Waals surface area (Å²) in [5, 5.41) is 15.7. The van der Waals surface area contributed by atoms with Crippen LogP contribution in [-0.4, -0.2) is 50.5 Å². The van der Waals surface area contributed by atoms with Gasteiger partial charge in [0.25, 0.3) is 5.91 Å². The summed E-state index contributed by atoms with van der Waals surface area (Å²) in [6, 6.07) is 0.0141. The number of hydrogen-bond donors (Lipinski definition) is 1. The number of rotatable bonds is 7. The number of nitrogens with zero attached hydrogens (tertiary/aromatic N) is 6. The highest BCUT2D eigenvalue weighted by atomic mass is 16.2. The van der Waals surface area contributed by atoms with E-state index in [4.69, 9.17) is 12.2 Å². The molecule has 2 N–H and O–H groups in total. The SMILES string of the molecule is C#CCCC1(CCC(=O)N2CCC(n3cc(C(N)=O)nn3)C2)N=N1. The van der Waals surface area contributed by atoms with Crippen molar-refractivity contribution in [2.24, 2.45) is 16.0 Å². The summed E-state index contributed by atoms with van der Waals surface area (Å²) in [5.41, 5.74) is 4.88. The highest BCUT2D eigenvalue weighted by Gasteiger charge is 2.40. The van der Waals surface area contributed by atoms with Gasteiger partial charge in [0.2, 0.25) is 5.91 Å². The highest BCUT2D eigenvalue weighted by Crippen LogP contribution is 2.38. The standard InChI is InChI=1S/C15H19N7O2/c1-2-3-6-15(18-19-15)7-4-13(23)21-8-5-11(9-21)22-10-12(14(16)24)17-20-22/h1,10-11H,3-9H2,(H2,16,24). The van der Waals surface area contributed by atoms with Crippen LogP contribution >= 0.6 is 0 Å². The minimum Gasteiger partial charge on any atom is -0.364 e. The van der Waals surface area contributed by atoms with Crippen LogP contribution in [0, 0.1) is 12.3 Å². The van der Waals surface area contributed by atoms with Gasteiger partial charge in [-0.2, -0.15) is 10.2 Å². The van der Waals surface area contributed by atoms with Crippen molar-refractivity contribution in [3.8, 4) is 12.3 Å². The lowest BCUT2D eigenvalue weighted by Crippen LogP contribution is -2.30. The largest absolute Gasteiger partial charge is 0.364 e. The van der Waals surface area contributed by atoms with Gasteiger partial charge in [-0.25, -0.2) is 4.68 Å². The molecule has 1 saturated heterocycles. The van der Waals surface area contributed by atoms with Crippen LogP contribution in [0.3, 0.4) is 0 Å². The van der Waals surface area contributed by atoms with E-state index in [0.717, 1.165) is 6.42 Å². The van der Waals surface area contributed by atoms with E-state index in [-0.39, 0.29) is 17.6 Å². The van der Waals surface area contributed by atoms with Gasteiger partial charge in [-0.3, -0.25) is 9.59 Å². The van der Waals surface area contributed by atoms with E-state index in [9.17, 15) is 9.59 Å². The Hall–Kier alpha value is -2.76. The molecule has 1 atom stereocenters. The number of nitrogens with two attached hydrogens (primary N) is 1. The molecule has 0 bridgehead atoms. The molecule has 2 aliphatic rings. The zero-order valence-electron chi connectivity index (χ0n) is 13.3. The van der Waals surface area contributed by atoms with Crippen LogP contribution in [0.1, 0.15) is 48.6 Å². The summed E-state index contributed by atoms with van der Waals surface area (Å²) in [5.74, 6) is 2.04. The van der Waals surface area contributed by atoms with E-state index >= 15 is 0 Å². The molecular weight excluding hydrogens is 310 g/mol. The first-order valence-corrected chi connectivity index (χ1v) is 7.90. The van der Waals surface area contributed by atoms with Crippen molar-refractivity contribution >= 4 is 11.8 Å². The Balaban J connectivity index is 1.49. The van der Waals surface area contributed by atoms with Crippen molar-refractivity contribution in [1.29, 1.82) is 0 Å². The molecule has 126 valence electrons. The molecular formula is C15H19N7O2. The van der Waals surface area contributed by atoms with E-state index < -0.39 is 11.6 Å². The van der Waals surface area contributed by atoms with E-state index in [1.54, 1.807) is 9.58 Å². The Bertz CT molecular complexity index is 712. The van der Waals surface area contributed by atoms with Gasteiger partial charge in [0, 0.05) is 38.8 Å². The molecule has 0 spiro atoms. The molecule has 0 radical (unpaired) electrons. The number of terminal acetylenes is 1. The molecule has 0 aromatic carbocycles. The third kappa shape index (κ3) is 3.42. The molecule has 3 rings (SSSR count). The number of hydrogen-bond acceptors (Lipinski definition) is 6. The van der Waals surface area contributed by atoms with Gasteiger partial charge in [-0.05, 0) is 6.42 Å². The maximum Gasteiger partial charge on any atom is 0.270 e. The number of carbonyl (C=O) groups is 2. The Morgan fingerprint density at radius 3 is 2.83 bits per heavy atom. The van der Waals surface area contributed by atoms with Gasteiger partial charge in [-0.15, -0.1) is 17.4 Å². The zero-order chi connectivity index (χ0) is 17.2. The lowest BCUT2D eigenvalue weighted by molar-refractivity contribution is -0.130. The minimum atomic E-state index is -0.610. The molecule has 1 fully saturated rings. The van der Waals surface area contributed by atoms with E-state index in [0.29, 0.717) is 38.8 Å². The summed E-state index contributed by atoms with van der Waals surface area (Å²) >= 11 is 0. The van der Waals surface area contributed by atoms with E-state index in [2.05, 4.69) is 26.5 Å². The van der Waals surface area contributed by atoms with Crippen LogP contribution in [0.25, 0.3) is 0 Å². The molecule has 9 nitrogen and oxygen atoms in total. The predicted octanol–water partition coefficient (Wildman–Crippen LogP) is 0.506. The van der Waals surface area contributed by atoms with Gasteiger partial charge in [0.1, 0.15) is 0 Å². The number of carbonyl (C=O) groups excluding carboxylic acids is 2. The summed E-state index contributed by atoms with van der Waals surface area (Å²) in [6.07, 6.45) is 9.87. The molecule has 1 aromatic rings. The normalized spacial score (nSPS) is 20.8.